The Morgan fingerprint density at radius 1 is 0.952 bits per heavy atom. The standard InChI is InChI=1S/C33H45F2N3O4/c1-6-41-28-21-26(12-13-27(28)42-32(34)35)31(25-10-8-7-9-11-25)37-18-19-38(29(22-37)33(3,4)5)30(40)20-24-14-16-36(17-15-24)23(2)39/h7-13,21,24,29,31-32H,6,14-20,22H2,1-5H3. The highest BCUT2D eigenvalue weighted by Gasteiger charge is 2.41. The van der Waals surface area contributed by atoms with E-state index >= 15 is 0 Å². The van der Waals surface area contributed by atoms with Crippen molar-refractivity contribution in [3.05, 3.63) is 59.7 Å². The van der Waals surface area contributed by atoms with Crippen LogP contribution < -0.4 is 9.47 Å². The highest BCUT2D eigenvalue weighted by molar-refractivity contribution is 5.77. The van der Waals surface area contributed by atoms with Crippen molar-refractivity contribution in [1.29, 1.82) is 0 Å². The fourth-order valence-corrected chi connectivity index (χ4v) is 6.30. The lowest BCUT2D eigenvalue weighted by atomic mass is 9.82. The van der Waals surface area contributed by atoms with Crippen molar-refractivity contribution >= 4 is 11.8 Å². The molecule has 0 saturated carbocycles. The van der Waals surface area contributed by atoms with Crippen LogP contribution in [0.15, 0.2) is 48.5 Å². The first-order valence-corrected chi connectivity index (χ1v) is 15.0. The van der Waals surface area contributed by atoms with Crippen LogP contribution in [-0.2, 0) is 9.59 Å². The summed E-state index contributed by atoms with van der Waals surface area (Å²) in [5.74, 6) is 0.864. The number of halogens is 2. The Bertz CT molecular complexity index is 1200. The topological polar surface area (TPSA) is 62.3 Å². The molecule has 0 spiro atoms. The van der Waals surface area contributed by atoms with Gasteiger partial charge in [-0.05, 0) is 54.4 Å². The molecule has 2 aromatic carbocycles. The first-order chi connectivity index (χ1) is 20.0. The average molecular weight is 586 g/mol. The molecule has 0 radical (unpaired) electrons. The molecular formula is C33H45F2N3O4. The molecule has 2 unspecified atom stereocenters. The third kappa shape index (κ3) is 7.79. The molecule has 0 aliphatic carbocycles. The summed E-state index contributed by atoms with van der Waals surface area (Å²) >= 11 is 0. The molecule has 2 aliphatic rings. The van der Waals surface area contributed by atoms with Gasteiger partial charge in [-0.25, -0.2) is 0 Å². The Kier molecular flexibility index (Phi) is 10.5. The minimum atomic E-state index is -2.94. The molecule has 0 bridgehead atoms. The number of benzene rings is 2. The number of piperazine rings is 1. The second-order valence-corrected chi connectivity index (χ2v) is 12.4. The van der Waals surface area contributed by atoms with Gasteiger partial charge in [-0.1, -0.05) is 57.2 Å². The smallest absolute Gasteiger partial charge is 0.387 e. The fourth-order valence-electron chi connectivity index (χ4n) is 6.30. The van der Waals surface area contributed by atoms with Crippen molar-refractivity contribution in [2.45, 2.75) is 72.6 Å². The maximum Gasteiger partial charge on any atom is 0.387 e. The third-order valence-corrected chi connectivity index (χ3v) is 8.53. The van der Waals surface area contributed by atoms with Crippen molar-refractivity contribution in [3.63, 3.8) is 0 Å². The van der Waals surface area contributed by atoms with Crippen LogP contribution in [0, 0.1) is 11.3 Å². The quantitative estimate of drug-likeness (QED) is 0.362. The summed E-state index contributed by atoms with van der Waals surface area (Å²) in [6, 6.07) is 15.1. The maximum absolute atomic E-state index is 13.7. The first kappa shape index (κ1) is 31.7. The molecule has 0 aromatic heterocycles. The predicted octanol–water partition coefficient (Wildman–Crippen LogP) is 5.98. The minimum Gasteiger partial charge on any atom is -0.490 e. The summed E-state index contributed by atoms with van der Waals surface area (Å²) in [6.45, 7) is 10.7. The van der Waals surface area contributed by atoms with Crippen LogP contribution in [-0.4, -0.2) is 78.5 Å². The van der Waals surface area contributed by atoms with Gasteiger partial charge in [0, 0.05) is 52.1 Å². The second kappa shape index (κ2) is 13.8. The molecule has 2 atom stereocenters. The van der Waals surface area contributed by atoms with E-state index in [2.05, 4.69) is 42.7 Å². The molecule has 2 heterocycles. The van der Waals surface area contributed by atoms with Gasteiger partial charge in [0.1, 0.15) is 0 Å². The highest BCUT2D eigenvalue weighted by Crippen LogP contribution is 2.39. The zero-order valence-electron chi connectivity index (χ0n) is 25.5. The summed E-state index contributed by atoms with van der Waals surface area (Å²) in [6.07, 6.45) is 2.22. The number of nitrogens with zero attached hydrogens (tertiary/aromatic N) is 3. The van der Waals surface area contributed by atoms with Crippen molar-refractivity contribution in [3.8, 4) is 11.5 Å². The Labute approximate surface area is 248 Å². The van der Waals surface area contributed by atoms with Crippen LogP contribution in [0.3, 0.4) is 0 Å². The molecule has 4 rings (SSSR count). The normalized spacial score (nSPS) is 19.6. The molecule has 42 heavy (non-hydrogen) atoms. The number of amides is 2. The maximum atomic E-state index is 13.7. The van der Waals surface area contributed by atoms with Gasteiger partial charge in [0.15, 0.2) is 11.5 Å². The molecule has 7 nitrogen and oxygen atoms in total. The van der Waals surface area contributed by atoms with Crippen molar-refractivity contribution in [2.75, 3.05) is 39.3 Å². The number of rotatable bonds is 9. The zero-order chi connectivity index (χ0) is 30.4. The molecule has 230 valence electrons. The van der Waals surface area contributed by atoms with Gasteiger partial charge >= 0.3 is 6.61 Å². The van der Waals surface area contributed by atoms with E-state index in [1.165, 1.54) is 0 Å². The first-order valence-electron chi connectivity index (χ1n) is 15.0. The number of piperidine rings is 1. The Morgan fingerprint density at radius 3 is 2.24 bits per heavy atom. The number of ether oxygens (including phenoxy) is 2. The molecular weight excluding hydrogens is 540 g/mol. The highest BCUT2D eigenvalue weighted by atomic mass is 19.3. The van der Waals surface area contributed by atoms with Gasteiger partial charge in [-0.2, -0.15) is 8.78 Å². The predicted molar refractivity (Wildman–Crippen MR) is 159 cm³/mol. The van der Waals surface area contributed by atoms with Crippen LogP contribution in [0.5, 0.6) is 11.5 Å². The van der Waals surface area contributed by atoms with E-state index in [-0.39, 0.29) is 46.7 Å². The lowest BCUT2D eigenvalue weighted by Gasteiger charge is -2.50. The molecule has 0 N–H and O–H groups in total. The summed E-state index contributed by atoms with van der Waals surface area (Å²) in [5, 5.41) is 0. The Morgan fingerprint density at radius 2 is 1.64 bits per heavy atom. The van der Waals surface area contributed by atoms with E-state index in [9.17, 15) is 18.4 Å². The van der Waals surface area contributed by atoms with Crippen LogP contribution >= 0.6 is 0 Å². The van der Waals surface area contributed by atoms with E-state index in [4.69, 9.17) is 9.47 Å². The summed E-state index contributed by atoms with van der Waals surface area (Å²) < 4.78 is 36.6. The number of alkyl halides is 2. The Balaban J connectivity index is 1.58. The molecule has 2 amide bonds. The van der Waals surface area contributed by atoms with E-state index in [0.717, 1.165) is 24.0 Å². The molecule has 9 heteroatoms. The molecule has 2 saturated heterocycles. The number of likely N-dealkylation sites (tertiary alicyclic amines) is 1. The fraction of sp³-hybridized carbons (Fsp3) is 0.576. The van der Waals surface area contributed by atoms with E-state index in [1.54, 1.807) is 19.1 Å². The van der Waals surface area contributed by atoms with Gasteiger partial charge in [0.05, 0.1) is 12.6 Å². The van der Waals surface area contributed by atoms with Crippen molar-refractivity contribution < 1.29 is 27.8 Å². The van der Waals surface area contributed by atoms with Gasteiger partial charge in [-0.3, -0.25) is 14.5 Å². The number of carbonyl (C=O) groups is 2. The van der Waals surface area contributed by atoms with Crippen molar-refractivity contribution in [1.82, 2.24) is 14.7 Å². The van der Waals surface area contributed by atoms with E-state index in [0.29, 0.717) is 45.8 Å². The summed E-state index contributed by atoms with van der Waals surface area (Å²) in [5.41, 5.74) is 1.82. The van der Waals surface area contributed by atoms with E-state index in [1.807, 2.05) is 36.1 Å². The van der Waals surface area contributed by atoms with Gasteiger partial charge in [-0.15, -0.1) is 0 Å². The van der Waals surface area contributed by atoms with Gasteiger partial charge < -0.3 is 19.3 Å². The summed E-state index contributed by atoms with van der Waals surface area (Å²) in [4.78, 5) is 31.8. The number of hydrogen-bond donors (Lipinski definition) is 0. The van der Waals surface area contributed by atoms with E-state index < -0.39 is 6.61 Å². The van der Waals surface area contributed by atoms with Crippen molar-refractivity contribution in [2.24, 2.45) is 11.3 Å². The molecule has 2 aliphatic heterocycles. The van der Waals surface area contributed by atoms with Crippen LogP contribution in [0.1, 0.15) is 71.0 Å². The lowest BCUT2D eigenvalue weighted by Crippen LogP contribution is -2.60. The van der Waals surface area contributed by atoms with Gasteiger partial charge in [0.25, 0.3) is 0 Å². The molecule has 2 fully saturated rings. The van der Waals surface area contributed by atoms with Crippen LogP contribution in [0.25, 0.3) is 0 Å². The minimum absolute atomic E-state index is 0.0135. The monoisotopic (exact) mass is 585 g/mol. The van der Waals surface area contributed by atoms with Gasteiger partial charge in [0.2, 0.25) is 11.8 Å². The number of carbonyl (C=O) groups excluding carboxylic acids is 2. The summed E-state index contributed by atoms with van der Waals surface area (Å²) in [7, 11) is 0. The third-order valence-electron chi connectivity index (χ3n) is 8.53. The van der Waals surface area contributed by atoms with Crippen LogP contribution in [0.2, 0.25) is 0 Å². The average Bonchev–Trinajstić information content (AvgIpc) is 2.95. The number of hydrogen-bond acceptors (Lipinski definition) is 5. The Hall–Kier alpha value is -3.20. The molecule has 2 aromatic rings. The largest absolute Gasteiger partial charge is 0.490 e. The SMILES string of the molecule is CCOc1cc(C(c2ccccc2)N2CCN(C(=O)CC3CCN(C(C)=O)CC3)C(C(C)(C)C)C2)ccc1OC(F)F. The zero-order valence-corrected chi connectivity index (χ0v) is 25.5. The lowest BCUT2D eigenvalue weighted by molar-refractivity contribution is -0.141. The second-order valence-electron chi connectivity index (χ2n) is 12.4. The van der Waals surface area contributed by atoms with Crippen LogP contribution in [0.4, 0.5) is 8.78 Å².